The number of aryl methyl sites for hydroxylation is 1. The fraction of sp³-hybridized carbons (Fsp3) is 0.167. The zero-order valence-corrected chi connectivity index (χ0v) is 20.9. The minimum absolute atomic E-state index is 0.0121. The van der Waals surface area contributed by atoms with Gasteiger partial charge in [0.25, 0.3) is 5.91 Å². The van der Waals surface area contributed by atoms with Crippen LogP contribution in [0.3, 0.4) is 0 Å². The Morgan fingerprint density at radius 3 is 2.44 bits per heavy atom. The second kappa shape index (κ2) is 11.5. The van der Waals surface area contributed by atoms with Crippen molar-refractivity contribution in [3.63, 3.8) is 0 Å². The van der Waals surface area contributed by atoms with Crippen LogP contribution in [0.5, 0.6) is 5.75 Å². The zero-order valence-electron chi connectivity index (χ0n) is 18.5. The van der Waals surface area contributed by atoms with Gasteiger partial charge in [0.1, 0.15) is 5.75 Å². The van der Waals surface area contributed by atoms with Crippen LogP contribution < -0.4 is 10.2 Å². The molecule has 7 nitrogen and oxygen atoms in total. The van der Waals surface area contributed by atoms with Gasteiger partial charge in [-0.15, -0.1) is 0 Å². The molecule has 0 saturated carbocycles. The minimum atomic E-state index is -4.00. The highest BCUT2D eigenvalue weighted by Gasteiger charge is 2.27. The van der Waals surface area contributed by atoms with E-state index in [1.54, 1.807) is 55.5 Å². The largest absolute Gasteiger partial charge is 0.496 e. The zero-order chi connectivity index (χ0) is 24.7. The van der Waals surface area contributed by atoms with Crippen molar-refractivity contribution in [2.75, 3.05) is 13.7 Å². The number of hydrogen-bond donors (Lipinski definition) is 1. The lowest BCUT2D eigenvalue weighted by Crippen LogP contribution is -2.39. The molecule has 34 heavy (non-hydrogen) atoms. The van der Waals surface area contributed by atoms with Crippen LogP contribution in [-0.2, 0) is 21.4 Å². The number of methoxy groups -OCH3 is 1. The van der Waals surface area contributed by atoms with E-state index >= 15 is 0 Å². The summed E-state index contributed by atoms with van der Waals surface area (Å²) in [4.78, 5) is 12.7. The predicted octanol–water partition coefficient (Wildman–Crippen LogP) is 4.65. The topological polar surface area (TPSA) is 88.1 Å². The highest BCUT2D eigenvalue weighted by atomic mass is 35.5. The number of carbonyl (C=O) groups is 1. The predicted molar refractivity (Wildman–Crippen MR) is 134 cm³/mol. The Hall–Kier alpha value is -2.91. The first-order valence-corrected chi connectivity index (χ1v) is 12.4. The Bertz CT molecular complexity index is 1300. The summed E-state index contributed by atoms with van der Waals surface area (Å²) >= 11 is 11.9. The normalized spacial score (nSPS) is 11.7. The molecule has 0 spiro atoms. The van der Waals surface area contributed by atoms with Gasteiger partial charge in [0, 0.05) is 6.54 Å². The molecular weight excluding hydrogens is 497 g/mol. The van der Waals surface area contributed by atoms with Crippen LogP contribution in [0.2, 0.25) is 10.0 Å². The third kappa shape index (κ3) is 6.57. The van der Waals surface area contributed by atoms with Gasteiger partial charge in [0.2, 0.25) is 10.0 Å². The lowest BCUT2D eigenvalue weighted by Gasteiger charge is -2.22. The summed E-state index contributed by atoms with van der Waals surface area (Å²) in [5.74, 6) is -0.0241. The van der Waals surface area contributed by atoms with Crippen molar-refractivity contribution in [3.05, 3.63) is 93.5 Å². The lowest BCUT2D eigenvalue weighted by molar-refractivity contribution is -0.121. The second-order valence-corrected chi connectivity index (χ2v) is 10.1. The number of amides is 1. The Labute approximate surface area is 209 Å². The second-order valence-electron chi connectivity index (χ2n) is 7.36. The Balaban J connectivity index is 1.81. The maximum Gasteiger partial charge on any atom is 0.255 e. The molecule has 0 heterocycles. The number of benzene rings is 3. The van der Waals surface area contributed by atoms with Crippen molar-refractivity contribution in [3.8, 4) is 5.75 Å². The van der Waals surface area contributed by atoms with E-state index in [0.717, 1.165) is 9.87 Å². The van der Waals surface area contributed by atoms with Gasteiger partial charge < -0.3 is 4.74 Å². The van der Waals surface area contributed by atoms with E-state index in [-0.39, 0.29) is 11.4 Å². The molecule has 0 aliphatic rings. The molecule has 0 aromatic heterocycles. The number of hydrogen-bond acceptors (Lipinski definition) is 5. The molecule has 3 aromatic rings. The van der Waals surface area contributed by atoms with E-state index in [4.69, 9.17) is 27.9 Å². The van der Waals surface area contributed by atoms with E-state index < -0.39 is 22.5 Å². The van der Waals surface area contributed by atoms with Gasteiger partial charge in [-0.25, -0.2) is 13.8 Å². The molecule has 0 atom stereocenters. The monoisotopic (exact) mass is 519 g/mol. The Morgan fingerprint density at radius 2 is 1.79 bits per heavy atom. The molecule has 0 aliphatic carbocycles. The SMILES string of the molecule is COc1ccc(S(=O)(=O)N(CC(=O)N/N=C/c2ccc(Cl)c(Cl)c2)Cc2ccccc2)cc1C. The van der Waals surface area contributed by atoms with Crippen molar-refractivity contribution in [2.45, 2.75) is 18.4 Å². The molecule has 1 amide bonds. The molecule has 3 aromatic carbocycles. The molecule has 0 radical (unpaired) electrons. The molecule has 0 fully saturated rings. The van der Waals surface area contributed by atoms with Gasteiger partial charge in [-0.2, -0.15) is 9.41 Å². The van der Waals surface area contributed by atoms with Gasteiger partial charge in [-0.3, -0.25) is 4.79 Å². The third-order valence-corrected chi connectivity index (χ3v) is 7.40. The highest BCUT2D eigenvalue weighted by Crippen LogP contribution is 2.25. The number of rotatable bonds is 9. The summed E-state index contributed by atoms with van der Waals surface area (Å²) in [6.07, 6.45) is 1.39. The average molecular weight is 520 g/mol. The van der Waals surface area contributed by atoms with Gasteiger partial charge >= 0.3 is 0 Å². The summed E-state index contributed by atoms with van der Waals surface area (Å²) in [5.41, 5.74) is 4.39. The number of halogens is 2. The van der Waals surface area contributed by atoms with Crippen LogP contribution in [0, 0.1) is 6.92 Å². The summed E-state index contributed by atoms with van der Waals surface area (Å²) in [5, 5.41) is 4.65. The first kappa shape index (κ1) is 25.7. The maximum absolute atomic E-state index is 13.4. The molecule has 0 saturated heterocycles. The van der Waals surface area contributed by atoms with E-state index in [0.29, 0.717) is 26.9 Å². The maximum atomic E-state index is 13.4. The molecule has 10 heteroatoms. The quantitative estimate of drug-likeness (QED) is 0.329. The van der Waals surface area contributed by atoms with Crippen LogP contribution in [0.25, 0.3) is 0 Å². The molecule has 0 bridgehead atoms. The van der Waals surface area contributed by atoms with Crippen LogP contribution in [0.15, 0.2) is 76.7 Å². The van der Waals surface area contributed by atoms with E-state index in [2.05, 4.69) is 10.5 Å². The van der Waals surface area contributed by atoms with Crippen molar-refractivity contribution in [1.82, 2.24) is 9.73 Å². The van der Waals surface area contributed by atoms with E-state index in [1.165, 1.54) is 25.5 Å². The van der Waals surface area contributed by atoms with E-state index in [9.17, 15) is 13.2 Å². The standard InChI is InChI=1S/C24H23Cl2N3O4S/c1-17-12-20(9-11-23(17)33-2)34(31,32)29(15-18-6-4-3-5-7-18)16-24(30)28-27-14-19-8-10-21(25)22(26)13-19/h3-14H,15-16H2,1-2H3,(H,28,30)/b27-14+. The first-order chi connectivity index (χ1) is 16.2. The van der Waals surface area contributed by atoms with Crippen molar-refractivity contribution < 1.29 is 17.9 Å². The summed E-state index contributed by atoms with van der Waals surface area (Å²) in [6.45, 7) is 1.34. The minimum Gasteiger partial charge on any atom is -0.496 e. The number of nitrogens with zero attached hydrogens (tertiary/aromatic N) is 2. The van der Waals surface area contributed by atoms with Crippen molar-refractivity contribution in [2.24, 2.45) is 5.10 Å². The fourth-order valence-electron chi connectivity index (χ4n) is 3.14. The Kier molecular flexibility index (Phi) is 8.68. The summed E-state index contributed by atoms with van der Waals surface area (Å²) in [7, 11) is -2.48. The number of nitrogens with one attached hydrogen (secondary N) is 1. The molecular formula is C24H23Cl2N3O4S. The molecule has 0 unspecified atom stereocenters. The van der Waals surface area contributed by atoms with Crippen molar-refractivity contribution >= 4 is 45.3 Å². The summed E-state index contributed by atoms with van der Waals surface area (Å²) in [6, 6.07) is 18.5. The van der Waals surface area contributed by atoms with Gasteiger partial charge in [-0.05, 0) is 53.9 Å². The third-order valence-electron chi connectivity index (χ3n) is 4.87. The number of sulfonamides is 1. The lowest BCUT2D eigenvalue weighted by atomic mass is 10.2. The fourth-order valence-corrected chi connectivity index (χ4v) is 4.92. The van der Waals surface area contributed by atoms with Crippen molar-refractivity contribution in [1.29, 1.82) is 0 Å². The number of carbonyl (C=O) groups excluding carboxylic acids is 1. The van der Waals surface area contributed by atoms with Crippen LogP contribution in [0.1, 0.15) is 16.7 Å². The number of ether oxygens (including phenoxy) is 1. The molecule has 3 rings (SSSR count). The van der Waals surface area contributed by atoms with Crippen LogP contribution >= 0.6 is 23.2 Å². The van der Waals surface area contributed by atoms with Gasteiger partial charge in [0.05, 0.1) is 34.8 Å². The molecule has 178 valence electrons. The Morgan fingerprint density at radius 1 is 1.06 bits per heavy atom. The average Bonchev–Trinajstić information content (AvgIpc) is 2.81. The van der Waals surface area contributed by atoms with Gasteiger partial charge in [-0.1, -0.05) is 59.6 Å². The van der Waals surface area contributed by atoms with Crippen LogP contribution in [0.4, 0.5) is 0 Å². The smallest absolute Gasteiger partial charge is 0.255 e. The summed E-state index contributed by atoms with van der Waals surface area (Å²) < 4.78 is 33.2. The molecule has 1 N–H and O–H groups in total. The van der Waals surface area contributed by atoms with Crippen LogP contribution in [-0.4, -0.2) is 38.5 Å². The number of hydrazone groups is 1. The van der Waals surface area contributed by atoms with Gasteiger partial charge in [0.15, 0.2) is 0 Å². The first-order valence-electron chi connectivity index (χ1n) is 10.2. The highest BCUT2D eigenvalue weighted by molar-refractivity contribution is 7.89. The molecule has 0 aliphatic heterocycles. The van der Waals surface area contributed by atoms with E-state index in [1.807, 2.05) is 6.07 Å².